The highest BCUT2D eigenvalue weighted by molar-refractivity contribution is 5.75. The van der Waals surface area contributed by atoms with Gasteiger partial charge < -0.3 is 9.90 Å². The van der Waals surface area contributed by atoms with E-state index in [-0.39, 0.29) is 23.1 Å². The highest BCUT2D eigenvalue weighted by Crippen LogP contribution is 1.50. The number of hydrogen-bond donors (Lipinski definition) is 1. The van der Waals surface area contributed by atoms with Crippen molar-refractivity contribution in [2.45, 2.75) is 20.8 Å². The van der Waals surface area contributed by atoms with Crippen LogP contribution in [0.2, 0.25) is 0 Å². The number of carbonyl (C=O) groups excluding carboxylic acids is 1. The SMILES string of the molecule is CC(=O)O.CC(C)=O.[AlH3]. The molecule has 4 heteroatoms. The third kappa shape index (κ3) is 2300. The highest BCUT2D eigenvalue weighted by atomic mass is 27.0. The lowest BCUT2D eigenvalue weighted by Crippen LogP contribution is -1.78. The summed E-state index contributed by atoms with van der Waals surface area (Å²) < 4.78 is 0. The zero-order valence-corrected chi connectivity index (χ0v) is 5.26. The van der Waals surface area contributed by atoms with Crippen molar-refractivity contribution in [2.75, 3.05) is 0 Å². The van der Waals surface area contributed by atoms with Crippen molar-refractivity contribution in [3.8, 4) is 0 Å². The van der Waals surface area contributed by atoms with Gasteiger partial charge in [0.25, 0.3) is 5.97 Å². The maximum atomic E-state index is 9.44. The summed E-state index contributed by atoms with van der Waals surface area (Å²) in [5, 5.41) is 7.42. The summed E-state index contributed by atoms with van der Waals surface area (Å²) in [4.78, 5) is 18.4. The van der Waals surface area contributed by atoms with Gasteiger partial charge in [0, 0.05) is 6.92 Å². The van der Waals surface area contributed by atoms with Crippen molar-refractivity contribution in [1.29, 1.82) is 0 Å². The zero-order valence-electron chi connectivity index (χ0n) is 5.26. The van der Waals surface area contributed by atoms with Gasteiger partial charge in [0.1, 0.15) is 5.78 Å². The molecule has 0 heterocycles. The monoisotopic (exact) mass is 148 g/mol. The van der Waals surface area contributed by atoms with E-state index in [0.717, 1.165) is 6.92 Å². The van der Waals surface area contributed by atoms with Crippen molar-refractivity contribution < 1.29 is 14.7 Å². The highest BCUT2D eigenvalue weighted by Gasteiger charge is 1.65. The van der Waals surface area contributed by atoms with Gasteiger partial charge in [0.2, 0.25) is 0 Å². The number of carbonyl (C=O) groups is 2. The van der Waals surface area contributed by atoms with Crippen LogP contribution in [0.25, 0.3) is 0 Å². The Morgan fingerprint density at radius 3 is 1.11 bits per heavy atom. The molecule has 0 saturated carbocycles. The number of aliphatic carboxylic acids is 1. The number of hydrogen-bond acceptors (Lipinski definition) is 2. The molecule has 0 radical (unpaired) electrons. The summed E-state index contributed by atoms with van der Waals surface area (Å²) in [7, 11) is 0. The minimum atomic E-state index is -0.833. The van der Waals surface area contributed by atoms with Crippen molar-refractivity contribution in [1.82, 2.24) is 0 Å². The lowest BCUT2D eigenvalue weighted by Gasteiger charge is -1.59. The minimum absolute atomic E-state index is 0. The van der Waals surface area contributed by atoms with Crippen LogP contribution < -0.4 is 0 Å². The molecule has 0 rings (SSSR count). The van der Waals surface area contributed by atoms with E-state index in [2.05, 4.69) is 0 Å². The molecular formula is C5H13AlO3. The van der Waals surface area contributed by atoms with Crippen LogP contribution in [-0.4, -0.2) is 34.2 Å². The van der Waals surface area contributed by atoms with Crippen molar-refractivity contribution >= 4 is 29.1 Å². The quantitative estimate of drug-likeness (QED) is 0.471. The predicted molar refractivity (Wildman–Crippen MR) is 39.6 cm³/mol. The van der Waals surface area contributed by atoms with E-state index in [1.54, 1.807) is 0 Å². The van der Waals surface area contributed by atoms with Gasteiger partial charge in [0.15, 0.2) is 17.4 Å². The van der Waals surface area contributed by atoms with E-state index in [1.807, 2.05) is 0 Å². The van der Waals surface area contributed by atoms with Gasteiger partial charge in [0.05, 0.1) is 0 Å². The average molecular weight is 148 g/mol. The zero-order chi connectivity index (χ0) is 7.15. The molecule has 1 N–H and O–H groups in total. The Labute approximate surface area is 65.2 Å². The van der Waals surface area contributed by atoms with Crippen LogP contribution in [0.15, 0.2) is 0 Å². The lowest BCUT2D eigenvalue weighted by atomic mass is 10.6. The summed E-state index contributed by atoms with van der Waals surface area (Å²) in [6.45, 7) is 4.14. The first kappa shape index (κ1) is 15.9. The molecule has 0 aliphatic heterocycles. The Kier molecular flexibility index (Phi) is 18.7. The van der Waals surface area contributed by atoms with E-state index in [4.69, 9.17) is 9.90 Å². The predicted octanol–water partition coefficient (Wildman–Crippen LogP) is -0.498. The third-order valence-electron chi connectivity index (χ3n) is 0. The standard InChI is InChI=1S/C3H6O.C2H4O2.Al.3H/c1-3(2)4;1-2(3)4;;;;/h1-2H3;1H3,(H,3,4);;;;. The normalized spacial score (nSPS) is 5.67. The first-order valence-corrected chi connectivity index (χ1v) is 2.13. The summed E-state index contributed by atoms with van der Waals surface area (Å²) in [5.74, 6) is -0.667. The second-order valence-electron chi connectivity index (χ2n) is 1.43. The first-order chi connectivity index (χ1) is 3.46. The number of carboxylic acids is 1. The maximum absolute atomic E-state index is 9.44. The van der Waals surface area contributed by atoms with Gasteiger partial charge in [-0.1, -0.05) is 0 Å². The molecule has 0 spiro atoms. The molecule has 54 valence electrons. The number of ketones is 1. The van der Waals surface area contributed by atoms with Crippen LogP contribution in [0.4, 0.5) is 0 Å². The van der Waals surface area contributed by atoms with E-state index in [1.165, 1.54) is 13.8 Å². The van der Waals surface area contributed by atoms with E-state index in [0.29, 0.717) is 0 Å². The molecule has 0 fully saturated rings. The largest absolute Gasteiger partial charge is 0.481 e. The second kappa shape index (κ2) is 10.6. The van der Waals surface area contributed by atoms with Gasteiger partial charge in [-0.2, -0.15) is 0 Å². The van der Waals surface area contributed by atoms with E-state index >= 15 is 0 Å². The van der Waals surface area contributed by atoms with Crippen molar-refractivity contribution in [3.63, 3.8) is 0 Å². The van der Waals surface area contributed by atoms with Gasteiger partial charge in [-0.3, -0.25) is 4.79 Å². The maximum Gasteiger partial charge on any atom is 0.300 e. The van der Waals surface area contributed by atoms with Crippen LogP contribution in [0.1, 0.15) is 20.8 Å². The Balaban J connectivity index is -0.0000000720. The van der Waals surface area contributed by atoms with Crippen LogP contribution in [-0.2, 0) is 9.59 Å². The molecule has 0 saturated heterocycles. The summed E-state index contributed by atoms with van der Waals surface area (Å²) in [5.41, 5.74) is 0. The fraction of sp³-hybridized carbons (Fsp3) is 0.600. The molecule has 0 aromatic carbocycles. The number of rotatable bonds is 0. The van der Waals surface area contributed by atoms with Crippen molar-refractivity contribution in [2.24, 2.45) is 0 Å². The van der Waals surface area contributed by atoms with Gasteiger partial charge in [-0.25, -0.2) is 0 Å². The summed E-state index contributed by atoms with van der Waals surface area (Å²) in [6.07, 6.45) is 0. The molecule has 0 atom stereocenters. The Morgan fingerprint density at radius 1 is 1.11 bits per heavy atom. The fourth-order valence-electron chi connectivity index (χ4n) is 0. The van der Waals surface area contributed by atoms with Crippen LogP contribution in [0.5, 0.6) is 0 Å². The van der Waals surface area contributed by atoms with E-state index in [9.17, 15) is 4.79 Å². The molecular weight excluding hydrogens is 135 g/mol. The summed E-state index contributed by atoms with van der Waals surface area (Å²) in [6, 6.07) is 0. The smallest absolute Gasteiger partial charge is 0.300 e. The van der Waals surface area contributed by atoms with Crippen LogP contribution >= 0.6 is 0 Å². The molecule has 0 aliphatic rings. The molecule has 0 aromatic heterocycles. The Hall–Kier alpha value is -0.328. The second-order valence-corrected chi connectivity index (χ2v) is 1.43. The van der Waals surface area contributed by atoms with Crippen LogP contribution in [0.3, 0.4) is 0 Å². The molecule has 0 amide bonds. The molecule has 3 nitrogen and oxygen atoms in total. The molecule has 0 aliphatic carbocycles. The van der Waals surface area contributed by atoms with Gasteiger partial charge >= 0.3 is 0 Å². The van der Waals surface area contributed by atoms with Gasteiger partial charge in [-0.05, 0) is 13.8 Å². The topological polar surface area (TPSA) is 54.4 Å². The number of carboxylic acid groups (broad SMARTS) is 1. The molecule has 9 heavy (non-hydrogen) atoms. The van der Waals surface area contributed by atoms with E-state index < -0.39 is 5.97 Å². The van der Waals surface area contributed by atoms with Crippen molar-refractivity contribution in [3.05, 3.63) is 0 Å². The average Bonchev–Trinajstić information content (AvgIpc) is 1.25. The molecule has 0 unspecified atom stereocenters. The fourth-order valence-corrected chi connectivity index (χ4v) is 0. The summed E-state index contributed by atoms with van der Waals surface area (Å²) >= 11 is 0. The first-order valence-electron chi connectivity index (χ1n) is 2.13. The molecule has 0 bridgehead atoms. The number of Topliss-reactive ketones (excluding diaryl/α,β-unsaturated/α-hetero) is 1. The third-order valence-corrected chi connectivity index (χ3v) is 0. The molecule has 0 aromatic rings. The van der Waals surface area contributed by atoms with Crippen LogP contribution in [0, 0.1) is 0 Å². The van der Waals surface area contributed by atoms with Gasteiger partial charge in [-0.15, -0.1) is 0 Å². The Morgan fingerprint density at radius 2 is 1.11 bits per heavy atom. The lowest BCUT2D eigenvalue weighted by molar-refractivity contribution is -0.134. The minimum Gasteiger partial charge on any atom is -0.481 e. The Bertz CT molecular complexity index is 70.2.